The predicted octanol–water partition coefficient (Wildman–Crippen LogP) is 1.37. The molecular weight excluding hydrogens is 210 g/mol. The summed E-state index contributed by atoms with van der Waals surface area (Å²) < 4.78 is 9.47. The lowest BCUT2D eigenvalue weighted by Gasteiger charge is -1.99. The van der Waals surface area contributed by atoms with Crippen LogP contribution in [0, 0.1) is 18.3 Å². The number of anilines is 1. The number of rotatable bonds is 4. The summed E-state index contributed by atoms with van der Waals surface area (Å²) in [6.07, 6.45) is 1.23. The topological polar surface area (TPSA) is 88.2 Å². The van der Waals surface area contributed by atoms with E-state index in [-0.39, 0.29) is 12.2 Å². The highest BCUT2D eigenvalue weighted by molar-refractivity contribution is 5.93. The molecule has 16 heavy (non-hydrogen) atoms. The first kappa shape index (κ1) is 11.8. The molecule has 0 aliphatic heterocycles. The number of hydrogen-bond acceptors (Lipinski definition) is 6. The first-order valence-corrected chi connectivity index (χ1v) is 4.64. The summed E-state index contributed by atoms with van der Waals surface area (Å²) >= 11 is 0. The van der Waals surface area contributed by atoms with Crippen molar-refractivity contribution in [2.45, 2.75) is 13.8 Å². The van der Waals surface area contributed by atoms with Gasteiger partial charge in [-0.1, -0.05) is 5.16 Å². The minimum absolute atomic E-state index is 0.123. The second-order valence-corrected chi connectivity index (χ2v) is 2.86. The average Bonchev–Trinajstić information content (AvgIpc) is 2.65. The Labute approximate surface area is 92.5 Å². The van der Waals surface area contributed by atoms with Crippen LogP contribution < -0.4 is 5.32 Å². The normalized spacial score (nSPS) is 10.7. The van der Waals surface area contributed by atoms with Crippen LogP contribution >= 0.6 is 0 Å². The highest BCUT2D eigenvalue weighted by atomic mass is 16.5. The molecule has 0 spiro atoms. The number of hydrogen-bond donors (Lipinski definition) is 1. The summed E-state index contributed by atoms with van der Waals surface area (Å²) in [5.74, 6) is 0.387. The first-order valence-electron chi connectivity index (χ1n) is 4.64. The van der Waals surface area contributed by atoms with E-state index < -0.39 is 5.97 Å². The van der Waals surface area contributed by atoms with Crippen LogP contribution in [-0.4, -0.2) is 17.7 Å². The molecule has 0 aromatic carbocycles. The molecule has 84 valence electrons. The van der Waals surface area contributed by atoms with Crippen molar-refractivity contribution in [1.29, 1.82) is 5.26 Å². The van der Waals surface area contributed by atoms with Crippen LogP contribution in [0.25, 0.3) is 0 Å². The van der Waals surface area contributed by atoms with Gasteiger partial charge in [0.25, 0.3) is 0 Å². The second kappa shape index (κ2) is 5.56. The number of carbonyl (C=O) groups is 1. The Bertz CT molecular complexity index is 442. The number of aryl methyl sites for hydroxylation is 1. The van der Waals surface area contributed by atoms with Crippen LogP contribution in [0.15, 0.2) is 22.4 Å². The van der Waals surface area contributed by atoms with E-state index >= 15 is 0 Å². The van der Waals surface area contributed by atoms with Gasteiger partial charge in [-0.3, -0.25) is 0 Å². The largest absolute Gasteiger partial charge is 0.462 e. The van der Waals surface area contributed by atoms with Crippen molar-refractivity contribution >= 4 is 11.8 Å². The van der Waals surface area contributed by atoms with E-state index in [0.29, 0.717) is 11.6 Å². The maximum absolute atomic E-state index is 11.2. The fourth-order valence-electron chi connectivity index (χ4n) is 0.926. The summed E-state index contributed by atoms with van der Waals surface area (Å²) in [5, 5.41) is 15.0. The summed E-state index contributed by atoms with van der Waals surface area (Å²) in [6, 6.07) is 3.36. The summed E-state index contributed by atoms with van der Waals surface area (Å²) in [5.41, 5.74) is -0.123. The average molecular weight is 221 g/mol. The maximum atomic E-state index is 11.2. The SMILES string of the molecule is CCOC(=O)C(C#N)=CNc1cc(C)on1. The summed E-state index contributed by atoms with van der Waals surface area (Å²) in [4.78, 5) is 11.2. The van der Waals surface area contributed by atoms with Gasteiger partial charge in [-0.05, 0) is 13.8 Å². The molecule has 0 unspecified atom stereocenters. The van der Waals surface area contributed by atoms with Gasteiger partial charge in [0, 0.05) is 12.3 Å². The maximum Gasteiger partial charge on any atom is 0.350 e. The van der Waals surface area contributed by atoms with E-state index in [1.165, 1.54) is 6.20 Å². The van der Waals surface area contributed by atoms with Gasteiger partial charge in [0.2, 0.25) is 0 Å². The van der Waals surface area contributed by atoms with Crippen molar-refractivity contribution in [3.8, 4) is 6.07 Å². The van der Waals surface area contributed by atoms with E-state index in [0.717, 1.165) is 0 Å². The Hall–Kier alpha value is -2.29. The third kappa shape index (κ3) is 3.13. The van der Waals surface area contributed by atoms with E-state index in [4.69, 9.17) is 9.78 Å². The number of aromatic nitrogens is 1. The first-order chi connectivity index (χ1) is 7.67. The number of esters is 1. The van der Waals surface area contributed by atoms with Crippen molar-refractivity contribution < 1.29 is 14.1 Å². The molecule has 0 fully saturated rings. The lowest BCUT2D eigenvalue weighted by Crippen LogP contribution is -2.07. The van der Waals surface area contributed by atoms with E-state index in [9.17, 15) is 4.79 Å². The van der Waals surface area contributed by atoms with Gasteiger partial charge in [-0.2, -0.15) is 5.26 Å². The van der Waals surface area contributed by atoms with E-state index in [1.54, 1.807) is 26.0 Å². The van der Waals surface area contributed by atoms with Crippen LogP contribution in [0.5, 0.6) is 0 Å². The highest BCUT2D eigenvalue weighted by Gasteiger charge is 2.09. The minimum Gasteiger partial charge on any atom is -0.462 e. The Kier molecular flexibility index (Phi) is 4.09. The molecule has 1 aromatic rings. The van der Waals surface area contributed by atoms with E-state index in [2.05, 4.69) is 15.2 Å². The molecule has 0 saturated heterocycles. The molecule has 0 atom stereocenters. The van der Waals surface area contributed by atoms with Crippen LogP contribution in [0.4, 0.5) is 5.82 Å². The summed E-state index contributed by atoms with van der Waals surface area (Å²) in [7, 11) is 0. The number of carbonyl (C=O) groups excluding carboxylic acids is 1. The smallest absolute Gasteiger partial charge is 0.350 e. The molecule has 6 nitrogen and oxygen atoms in total. The van der Waals surface area contributed by atoms with Crippen molar-refractivity contribution in [1.82, 2.24) is 5.16 Å². The Morgan fingerprint density at radius 3 is 3.06 bits per heavy atom. The van der Waals surface area contributed by atoms with Gasteiger partial charge in [0.1, 0.15) is 11.8 Å². The second-order valence-electron chi connectivity index (χ2n) is 2.86. The molecule has 0 aliphatic rings. The standard InChI is InChI=1S/C10H11N3O3/c1-3-15-10(14)8(5-11)6-12-9-4-7(2)16-13-9/h4,6H,3H2,1-2H3,(H,12,13). The van der Waals surface area contributed by atoms with Crippen molar-refractivity contribution in [2.75, 3.05) is 11.9 Å². The Morgan fingerprint density at radius 1 is 1.81 bits per heavy atom. The van der Waals surface area contributed by atoms with Crippen molar-refractivity contribution in [3.05, 3.63) is 23.6 Å². The number of nitrogens with one attached hydrogen (secondary N) is 1. The minimum atomic E-state index is -0.669. The molecule has 0 saturated carbocycles. The van der Waals surface area contributed by atoms with Gasteiger partial charge in [-0.25, -0.2) is 4.79 Å². The molecule has 1 aromatic heterocycles. The Morgan fingerprint density at radius 2 is 2.56 bits per heavy atom. The van der Waals surface area contributed by atoms with Crippen LogP contribution in [0.3, 0.4) is 0 Å². The molecule has 0 radical (unpaired) electrons. The zero-order valence-corrected chi connectivity index (χ0v) is 8.98. The van der Waals surface area contributed by atoms with E-state index in [1.807, 2.05) is 0 Å². The fourth-order valence-corrected chi connectivity index (χ4v) is 0.926. The lowest BCUT2D eigenvalue weighted by atomic mass is 10.3. The van der Waals surface area contributed by atoms with Gasteiger partial charge >= 0.3 is 5.97 Å². The van der Waals surface area contributed by atoms with Crippen molar-refractivity contribution in [3.63, 3.8) is 0 Å². The van der Waals surface area contributed by atoms with Crippen LogP contribution in [0.1, 0.15) is 12.7 Å². The third-order valence-corrected chi connectivity index (χ3v) is 1.61. The fraction of sp³-hybridized carbons (Fsp3) is 0.300. The van der Waals surface area contributed by atoms with Gasteiger partial charge in [0.15, 0.2) is 11.4 Å². The quantitative estimate of drug-likeness (QED) is 0.469. The molecule has 1 N–H and O–H groups in total. The zero-order valence-electron chi connectivity index (χ0n) is 8.98. The molecule has 0 amide bonds. The molecule has 1 heterocycles. The molecule has 0 bridgehead atoms. The van der Waals surface area contributed by atoms with Gasteiger partial charge in [-0.15, -0.1) is 0 Å². The molecule has 6 heteroatoms. The zero-order chi connectivity index (χ0) is 12.0. The molecular formula is C10H11N3O3. The third-order valence-electron chi connectivity index (χ3n) is 1.61. The van der Waals surface area contributed by atoms with Gasteiger partial charge < -0.3 is 14.6 Å². The number of ether oxygens (including phenoxy) is 1. The number of nitriles is 1. The predicted molar refractivity (Wildman–Crippen MR) is 55.2 cm³/mol. The number of nitrogens with zero attached hydrogens (tertiary/aromatic N) is 2. The summed E-state index contributed by atoms with van der Waals surface area (Å²) in [6.45, 7) is 3.63. The molecule has 0 aliphatic carbocycles. The van der Waals surface area contributed by atoms with Gasteiger partial charge in [0.05, 0.1) is 6.61 Å². The van der Waals surface area contributed by atoms with Crippen molar-refractivity contribution in [2.24, 2.45) is 0 Å². The highest BCUT2D eigenvalue weighted by Crippen LogP contribution is 2.07. The van der Waals surface area contributed by atoms with Crippen LogP contribution in [0.2, 0.25) is 0 Å². The lowest BCUT2D eigenvalue weighted by molar-refractivity contribution is -0.138. The monoisotopic (exact) mass is 221 g/mol. The Balaban J connectivity index is 2.67. The molecule has 1 rings (SSSR count). The van der Waals surface area contributed by atoms with Crippen LogP contribution in [-0.2, 0) is 9.53 Å².